The lowest BCUT2D eigenvalue weighted by Crippen LogP contribution is -2.46. The lowest BCUT2D eigenvalue weighted by atomic mass is 10.2. The number of nitrogens with zero attached hydrogens (tertiary/aromatic N) is 3. The van der Waals surface area contributed by atoms with E-state index < -0.39 is 0 Å². The van der Waals surface area contributed by atoms with Crippen LogP contribution in [0.3, 0.4) is 0 Å². The molecule has 2 aromatic heterocycles. The lowest BCUT2D eigenvalue weighted by Gasteiger charge is -2.35. The van der Waals surface area contributed by atoms with Gasteiger partial charge in [-0.2, -0.15) is 0 Å². The van der Waals surface area contributed by atoms with Crippen LogP contribution < -0.4 is 10.2 Å². The Morgan fingerprint density at radius 1 is 1.00 bits per heavy atom. The average Bonchev–Trinajstić information content (AvgIpc) is 3.25. The van der Waals surface area contributed by atoms with E-state index in [1.165, 1.54) is 11.8 Å². The molecule has 0 saturated carbocycles. The molecule has 1 aliphatic rings. The normalized spacial score (nSPS) is 14.9. The zero-order valence-electron chi connectivity index (χ0n) is 15.0. The maximum Gasteiger partial charge on any atom is 0.291 e. The molecule has 0 unspecified atom stereocenters. The number of aromatic nitrogens is 1. The summed E-state index contributed by atoms with van der Waals surface area (Å²) < 4.78 is 5.09. The van der Waals surface area contributed by atoms with E-state index in [0.29, 0.717) is 5.69 Å². The molecule has 1 N–H and O–H groups in total. The van der Waals surface area contributed by atoms with Crippen molar-refractivity contribution in [1.82, 2.24) is 9.88 Å². The van der Waals surface area contributed by atoms with Crippen molar-refractivity contribution in [3.8, 4) is 0 Å². The van der Waals surface area contributed by atoms with Crippen molar-refractivity contribution in [2.24, 2.45) is 0 Å². The predicted octanol–water partition coefficient (Wildman–Crippen LogP) is 3.25. The minimum Gasteiger partial charge on any atom is -0.459 e. The molecule has 0 bridgehead atoms. The van der Waals surface area contributed by atoms with Gasteiger partial charge in [0.1, 0.15) is 5.82 Å². The van der Waals surface area contributed by atoms with E-state index in [-0.39, 0.29) is 11.7 Å². The van der Waals surface area contributed by atoms with Crippen molar-refractivity contribution < 1.29 is 9.21 Å². The number of carbonyl (C=O) groups is 1. The Hall–Kier alpha value is -3.12. The number of furan rings is 1. The fourth-order valence-corrected chi connectivity index (χ4v) is 3.22. The molecule has 138 valence electrons. The number of nitrogens with one attached hydrogen (secondary N) is 1. The minimum absolute atomic E-state index is 0.274. The fraction of sp³-hybridized carbons (Fsp3) is 0.238. The van der Waals surface area contributed by atoms with Crippen LogP contribution in [-0.2, 0) is 6.54 Å². The van der Waals surface area contributed by atoms with Crippen molar-refractivity contribution in [2.75, 3.05) is 36.4 Å². The van der Waals surface area contributed by atoms with Gasteiger partial charge in [0.05, 0.1) is 18.1 Å². The van der Waals surface area contributed by atoms with Crippen molar-refractivity contribution in [1.29, 1.82) is 0 Å². The molecule has 3 heterocycles. The number of pyridine rings is 1. The number of hydrogen-bond donors (Lipinski definition) is 1. The SMILES string of the molecule is O=C(Nc1ccc(N2CCN(Cc3ccccc3)CC2)nc1)c1ccco1. The van der Waals surface area contributed by atoms with Gasteiger partial charge in [-0.3, -0.25) is 9.69 Å². The third-order valence-electron chi connectivity index (χ3n) is 4.70. The second kappa shape index (κ2) is 8.05. The number of carbonyl (C=O) groups excluding carboxylic acids is 1. The van der Waals surface area contributed by atoms with Crippen molar-refractivity contribution in [3.05, 3.63) is 78.4 Å². The van der Waals surface area contributed by atoms with Gasteiger partial charge in [0.2, 0.25) is 0 Å². The first-order valence-corrected chi connectivity index (χ1v) is 9.10. The molecule has 1 aliphatic heterocycles. The highest BCUT2D eigenvalue weighted by atomic mass is 16.3. The number of anilines is 2. The molecule has 3 aromatic rings. The number of amides is 1. The van der Waals surface area contributed by atoms with E-state index in [1.54, 1.807) is 18.3 Å². The van der Waals surface area contributed by atoms with E-state index in [4.69, 9.17) is 4.42 Å². The molecule has 1 aromatic carbocycles. The Labute approximate surface area is 158 Å². The van der Waals surface area contributed by atoms with E-state index in [2.05, 4.69) is 44.4 Å². The zero-order chi connectivity index (χ0) is 18.5. The molecule has 1 fully saturated rings. The van der Waals surface area contributed by atoms with Crippen LogP contribution in [0, 0.1) is 0 Å². The smallest absolute Gasteiger partial charge is 0.291 e. The summed E-state index contributed by atoms with van der Waals surface area (Å²) in [5.41, 5.74) is 2.00. The molecular weight excluding hydrogens is 340 g/mol. The van der Waals surface area contributed by atoms with Crippen LogP contribution in [0.1, 0.15) is 16.1 Å². The Bertz CT molecular complexity index is 855. The van der Waals surface area contributed by atoms with Gasteiger partial charge in [-0.05, 0) is 29.8 Å². The van der Waals surface area contributed by atoms with Crippen LogP contribution in [-0.4, -0.2) is 42.0 Å². The number of benzene rings is 1. The molecule has 0 aliphatic carbocycles. The molecular formula is C21H22N4O2. The first kappa shape index (κ1) is 17.3. The molecule has 0 radical (unpaired) electrons. The zero-order valence-corrected chi connectivity index (χ0v) is 15.0. The molecule has 1 saturated heterocycles. The first-order valence-electron chi connectivity index (χ1n) is 9.10. The third kappa shape index (κ3) is 4.35. The summed E-state index contributed by atoms with van der Waals surface area (Å²) in [6.45, 7) is 4.89. The summed E-state index contributed by atoms with van der Waals surface area (Å²) in [4.78, 5) is 21.2. The summed E-state index contributed by atoms with van der Waals surface area (Å²) in [5.74, 6) is 0.947. The molecule has 6 heteroatoms. The monoisotopic (exact) mass is 362 g/mol. The maximum absolute atomic E-state index is 12.0. The third-order valence-corrected chi connectivity index (χ3v) is 4.70. The summed E-state index contributed by atoms with van der Waals surface area (Å²) in [6, 6.07) is 17.7. The highest BCUT2D eigenvalue weighted by Gasteiger charge is 2.18. The van der Waals surface area contributed by atoms with Gasteiger partial charge in [-0.25, -0.2) is 4.98 Å². The van der Waals surface area contributed by atoms with Gasteiger partial charge in [0, 0.05) is 32.7 Å². The topological polar surface area (TPSA) is 61.6 Å². The van der Waals surface area contributed by atoms with Gasteiger partial charge in [-0.1, -0.05) is 30.3 Å². The van der Waals surface area contributed by atoms with Crippen molar-refractivity contribution >= 4 is 17.4 Å². The van der Waals surface area contributed by atoms with Crippen LogP contribution in [0.2, 0.25) is 0 Å². The van der Waals surface area contributed by atoms with Gasteiger partial charge in [0.15, 0.2) is 5.76 Å². The highest BCUT2D eigenvalue weighted by Crippen LogP contribution is 2.18. The number of hydrogen-bond acceptors (Lipinski definition) is 5. The summed E-state index contributed by atoms with van der Waals surface area (Å²) in [5, 5.41) is 2.79. The van der Waals surface area contributed by atoms with Gasteiger partial charge in [0.25, 0.3) is 5.91 Å². The molecule has 0 spiro atoms. The molecule has 6 nitrogen and oxygen atoms in total. The van der Waals surface area contributed by atoms with E-state index >= 15 is 0 Å². The predicted molar refractivity (Wildman–Crippen MR) is 105 cm³/mol. The quantitative estimate of drug-likeness (QED) is 0.755. The van der Waals surface area contributed by atoms with Gasteiger partial charge >= 0.3 is 0 Å². The van der Waals surface area contributed by atoms with Gasteiger partial charge < -0.3 is 14.6 Å². The maximum atomic E-state index is 12.0. The Balaban J connectivity index is 1.30. The Morgan fingerprint density at radius 3 is 2.48 bits per heavy atom. The van der Waals surface area contributed by atoms with E-state index in [9.17, 15) is 4.79 Å². The number of rotatable bonds is 5. The van der Waals surface area contributed by atoms with Crippen LogP contribution in [0.15, 0.2) is 71.5 Å². The van der Waals surface area contributed by atoms with Crippen molar-refractivity contribution in [2.45, 2.75) is 6.54 Å². The van der Waals surface area contributed by atoms with E-state index in [1.807, 2.05) is 18.2 Å². The van der Waals surface area contributed by atoms with Crippen LogP contribution >= 0.6 is 0 Å². The largest absolute Gasteiger partial charge is 0.459 e. The van der Waals surface area contributed by atoms with Gasteiger partial charge in [-0.15, -0.1) is 0 Å². The summed E-state index contributed by atoms with van der Waals surface area (Å²) >= 11 is 0. The molecule has 1 amide bonds. The van der Waals surface area contributed by atoms with Crippen molar-refractivity contribution in [3.63, 3.8) is 0 Å². The second-order valence-electron chi connectivity index (χ2n) is 6.59. The van der Waals surface area contributed by atoms with Crippen LogP contribution in [0.5, 0.6) is 0 Å². The fourth-order valence-electron chi connectivity index (χ4n) is 3.22. The van der Waals surface area contributed by atoms with Crippen LogP contribution in [0.25, 0.3) is 0 Å². The average molecular weight is 362 g/mol. The molecule has 4 rings (SSSR count). The summed E-state index contributed by atoms with van der Waals surface area (Å²) in [6.07, 6.45) is 3.17. The minimum atomic E-state index is -0.274. The summed E-state index contributed by atoms with van der Waals surface area (Å²) in [7, 11) is 0. The standard InChI is InChI=1S/C21H22N4O2/c26-21(19-7-4-14-27-19)23-18-8-9-20(22-15-18)25-12-10-24(11-13-25)16-17-5-2-1-3-6-17/h1-9,14-15H,10-13,16H2,(H,23,26). The van der Waals surface area contributed by atoms with Crippen LogP contribution in [0.4, 0.5) is 11.5 Å². The highest BCUT2D eigenvalue weighted by molar-refractivity contribution is 6.02. The lowest BCUT2D eigenvalue weighted by molar-refractivity contribution is 0.0996. The molecule has 0 atom stereocenters. The number of piperazine rings is 1. The second-order valence-corrected chi connectivity index (χ2v) is 6.59. The van der Waals surface area contributed by atoms with E-state index in [0.717, 1.165) is 38.5 Å². The Morgan fingerprint density at radius 2 is 1.81 bits per heavy atom. The first-order chi connectivity index (χ1) is 13.3. The Kier molecular flexibility index (Phi) is 5.16. The molecule has 27 heavy (non-hydrogen) atoms.